The van der Waals surface area contributed by atoms with Crippen LogP contribution in [0.25, 0.3) is 0 Å². The first-order chi connectivity index (χ1) is 3.39. The van der Waals surface area contributed by atoms with Crippen LogP contribution >= 0.6 is 0 Å². The topological polar surface area (TPSA) is 38.4 Å². The SMILES string of the molecule is NC1C=C=CC=N1. The second-order valence-electron chi connectivity index (χ2n) is 1.29. The van der Waals surface area contributed by atoms with Crippen LogP contribution in [0.4, 0.5) is 0 Å². The van der Waals surface area contributed by atoms with Crippen LogP contribution in [0.2, 0.25) is 0 Å². The number of rotatable bonds is 0. The molecule has 0 spiro atoms. The third kappa shape index (κ3) is 1.000. The third-order valence-corrected chi connectivity index (χ3v) is 0.696. The zero-order chi connectivity index (χ0) is 5.11. The normalized spacial score (nSPS) is 26.1. The van der Waals surface area contributed by atoms with Gasteiger partial charge in [0.05, 0.1) is 0 Å². The van der Waals surface area contributed by atoms with E-state index in [0.717, 1.165) is 0 Å². The first-order valence-electron chi connectivity index (χ1n) is 2.09. The third-order valence-electron chi connectivity index (χ3n) is 0.696. The van der Waals surface area contributed by atoms with Crippen molar-refractivity contribution in [3.05, 3.63) is 17.9 Å². The van der Waals surface area contributed by atoms with Crippen molar-refractivity contribution in [3.63, 3.8) is 0 Å². The molecule has 0 aromatic carbocycles. The maximum Gasteiger partial charge on any atom is 0.123 e. The van der Waals surface area contributed by atoms with E-state index in [2.05, 4.69) is 10.7 Å². The van der Waals surface area contributed by atoms with Crippen molar-refractivity contribution < 1.29 is 0 Å². The molecule has 0 amide bonds. The Balaban J connectivity index is 2.77. The minimum Gasteiger partial charge on any atom is -0.306 e. The summed E-state index contributed by atoms with van der Waals surface area (Å²) in [7, 11) is 0. The van der Waals surface area contributed by atoms with Crippen molar-refractivity contribution in [2.75, 3.05) is 0 Å². The number of nitrogens with zero attached hydrogens (tertiary/aromatic N) is 1. The van der Waals surface area contributed by atoms with Gasteiger partial charge in [-0.25, -0.2) is 0 Å². The first-order valence-corrected chi connectivity index (χ1v) is 2.09. The summed E-state index contributed by atoms with van der Waals surface area (Å²) in [6.45, 7) is 0. The van der Waals surface area contributed by atoms with Gasteiger partial charge in [0.15, 0.2) is 0 Å². The number of hydrogen-bond acceptors (Lipinski definition) is 2. The van der Waals surface area contributed by atoms with Crippen molar-refractivity contribution in [1.29, 1.82) is 0 Å². The highest BCUT2D eigenvalue weighted by Crippen LogP contribution is 1.84. The lowest BCUT2D eigenvalue weighted by Gasteiger charge is -1.95. The minimum absolute atomic E-state index is 0.162. The Bertz CT molecular complexity index is 140. The summed E-state index contributed by atoms with van der Waals surface area (Å²) in [5, 5.41) is 0. The van der Waals surface area contributed by atoms with Crippen LogP contribution in [0.15, 0.2) is 22.9 Å². The standard InChI is InChI=1S/C5H6N2/c6-5-3-1-2-4-7-5/h2-5H,6H2. The van der Waals surface area contributed by atoms with Crippen LogP contribution in [0.5, 0.6) is 0 Å². The molecule has 0 aromatic rings. The smallest absolute Gasteiger partial charge is 0.123 e. The Morgan fingerprint density at radius 1 is 1.71 bits per heavy atom. The highest BCUT2D eigenvalue weighted by Gasteiger charge is 1.87. The zero-order valence-corrected chi connectivity index (χ0v) is 3.83. The molecule has 0 fully saturated rings. The molecule has 1 aliphatic rings. The Hall–Kier alpha value is -0.850. The molecule has 1 aliphatic heterocycles. The molecule has 2 heteroatoms. The summed E-state index contributed by atoms with van der Waals surface area (Å²) in [5.41, 5.74) is 8.11. The van der Waals surface area contributed by atoms with Crippen molar-refractivity contribution in [3.8, 4) is 0 Å². The molecule has 0 radical (unpaired) electrons. The van der Waals surface area contributed by atoms with Crippen LogP contribution in [0.3, 0.4) is 0 Å². The van der Waals surface area contributed by atoms with Gasteiger partial charge in [-0.2, -0.15) is 0 Å². The van der Waals surface area contributed by atoms with Gasteiger partial charge in [-0.05, 0) is 12.2 Å². The molecular formula is C5H6N2. The number of nitrogens with two attached hydrogens (primary N) is 1. The van der Waals surface area contributed by atoms with Crippen LogP contribution in [0, 0.1) is 0 Å². The average Bonchev–Trinajstić information content (AvgIpc) is 1.69. The van der Waals surface area contributed by atoms with Crippen molar-refractivity contribution >= 4 is 6.21 Å². The Labute approximate surface area is 42.0 Å². The number of aliphatic imine (C=N–C) groups is 1. The van der Waals surface area contributed by atoms with E-state index < -0.39 is 0 Å². The lowest BCUT2D eigenvalue weighted by atomic mass is 10.4. The first kappa shape index (κ1) is 4.31. The molecule has 1 rings (SSSR count). The molecule has 0 saturated carbocycles. The van der Waals surface area contributed by atoms with Gasteiger partial charge in [0.1, 0.15) is 6.17 Å². The molecule has 2 N–H and O–H groups in total. The van der Waals surface area contributed by atoms with Crippen LogP contribution < -0.4 is 5.73 Å². The minimum atomic E-state index is -0.162. The largest absolute Gasteiger partial charge is 0.306 e. The molecule has 2 nitrogen and oxygen atoms in total. The molecule has 1 unspecified atom stereocenters. The van der Waals surface area contributed by atoms with Crippen LogP contribution in [-0.2, 0) is 0 Å². The van der Waals surface area contributed by atoms with Gasteiger partial charge in [0.25, 0.3) is 0 Å². The van der Waals surface area contributed by atoms with Crippen LogP contribution in [0.1, 0.15) is 0 Å². The Kier molecular flexibility index (Phi) is 1.07. The monoisotopic (exact) mass is 94.1 g/mol. The molecule has 7 heavy (non-hydrogen) atoms. The van der Waals surface area contributed by atoms with Gasteiger partial charge in [-0.15, -0.1) is 5.73 Å². The Morgan fingerprint density at radius 2 is 2.57 bits per heavy atom. The van der Waals surface area contributed by atoms with Gasteiger partial charge in [-0.3, -0.25) is 4.99 Å². The van der Waals surface area contributed by atoms with E-state index in [1.165, 1.54) is 0 Å². The van der Waals surface area contributed by atoms with E-state index in [1.54, 1.807) is 18.4 Å². The fourth-order valence-corrected chi connectivity index (χ4v) is 0.383. The van der Waals surface area contributed by atoms with E-state index in [1.807, 2.05) is 0 Å². The van der Waals surface area contributed by atoms with Crippen molar-refractivity contribution in [2.24, 2.45) is 10.7 Å². The maximum atomic E-state index is 5.30. The summed E-state index contributed by atoms with van der Waals surface area (Å²) < 4.78 is 0. The van der Waals surface area contributed by atoms with Gasteiger partial charge in [0, 0.05) is 6.21 Å². The number of hydrogen-bond donors (Lipinski definition) is 1. The molecule has 36 valence electrons. The summed E-state index contributed by atoms with van der Waals surface area (Å²) in [6, 6.07) is 0. The fraction of sp³-hybridized carbons (Fsp3) is 0.200. The van der Waals surface area contributed by atoms with E-state index in [-0.39, 0.29) is 6.17 Å². The predicted molar refractivity (Wildman–Crippen MR) is 29.1 cm³/mol. The predicted octanol–water partition coefficient (Wildman–Crippen LogP) is 0.0669. The zero-order valence-electron chi connectivity index (χ0n) is 3.83. The van der Waals surface area contributed by atoms with E-state index in [0.29, 0.717) is 0 Å². The van der Waals surface area contributed by atoms with Crippen LogP contribution in [-0.4, -0.2) is 12.4 Å². The summed E-state index contributed by atoms with van der Waals surface area (Å²) in [6.07, 6.45) is 4.92. The molecule has 0 saturated heterocycles. The quantitative estimate of drug-likeness (QED) is 0.424. The highest BCUT2D eigenvalue weighted by molar-refractivity contribution is 5.71. The maximum absolute atomic E-state index is 5.30. The van der Waals surface area contributed by atoms with Gasteiger partial charge < -0.3 is 5.73 Å². The van der Waals surface area contributed by atoms with Gasteiger partial charge in [0.2, 0.25) is 0 Å². The second kappa shape index (κ2) is 1.73. The summed E-state index contributed by atoms with van der Waals surface area (Å²) in [4.78, 5) is 3.81. The van der Waals surface area contributed by atoms with Gasteiger partial charge in [-0.1, -0.05) is 0 Å². The fourth-order valence-electron chi connectivity index (χ4n) is 0.383. The van der Waals surface area contributed by atoms with Crippen molar-refractivity contribution in [1.82, 2.24) is 0 Å². The average molecular weight is 94.1 g/mol. The molecule has 0 bridgehead atoms. The van der Waals surface area contributed by atoms with E-state index >= 15 is 0 Å². The van der Waals surface area contributed by atoms with E-state index in [9.17, 15) is 0 Å². The lowest BCUT2D eigenvalue weighted by Crippen LogP contribution is -2.13. The molecular weight excluding hydrogens is 88.1 g/mol. The Morgan fingerprint density at radius 3 is 2.86 bits per heavy atom. The highest BCUT2D eigenvalue weighted by atomic mass is 14.9. The molecule has 0 aromatic heterocycles. The van der Waals surface area contributed by atoms with E-state index in [4.69, 9.17) is 5.73 Å². The lowest BCUT2D eigenvalue weighted by molar-refractivity contribution is 0.881. The summed E-state index contributed by atoms with van der Waals surface area (Å²) in [5.74, 6) is 0. The second-order valence-corrected chi connectivity index (χ2v) is 1.29. The molecule has 0 aliphatic carbocycles. The molecule has 1 heterocycles. The summed E-state index contributed by atoms with van der Waals surface area (Å²) >= 11 is 0. The van der Waals surface area contributed by atoms with Crippen molar-refractivity contribution in [2.45, 2.75) is 6.17 Å². The molecule has 1 atom stereocenters. The van der Waals surface area contributed by atoms with Gasteiger partial charge >= 0.3 is 0 Å².